The lowest BCUT2D eigenvalue weighted by Crippen LogP contribution is -2.43. The van der Waals surface area contributed by atoms with Crippen LogP contribution < -0.4 is 15.8 Å². The summed E-state index contributed by atoms with van der Waals surface area (Å²) in [5, 5.41) is 11.0. The Morgan fingerprint density at radius 3 is 2.75 bits per heavy atom. The van der Waals surface area contributed by atoms with Gasteiger partial charge in [-0.2, -0.15) is 0 Å². The average molecular weight is 297 g/mol. The highest BCUT2D eigenvalue weighted by molar-refractivity contribution is 7.89. The molecule has 7 heteroatoms. The van der Waals surface area contributed by atoms with Gasteiger partial charge in [0.15, 0.2) is 0 Å². The van der Waals surface area contributed by atoms with Crippen LogP contribution in [0.4, 0.5) is 5.69 Å². The van der Waals surface area contributed by atoms with Crippen LogP contribution in [0.15, 0.2) is 23.1 Å². The van der Waals surface area contributed by atoms with Gasteiger partial charge in [0.2, 0.25) is 15.9 Å². The van der Waals surface area contributed by atoms with Crippen LogP contribution >= 0.6 is 0 Å². The molecule has 110 valence electrons. The number of piperidine rings is 1. The van der Waals surface area contributed by atoms with Crippen LogP contribution in [0.3, 0.4) is 0 Å². The van der Waals surface area contributed by atoms with Gasteiger partial charge >= 0.3 is 0 Å². The van der Waals surface area contributed by atoms with E-state index in [-0.39, 0.29) is 16.8 Å². The van der Waals surface area contributed by atoms with Crippen molar-refractivity contribution in [3.05, 3.63) is 23.8 Å². The van der Waals surface area contributed by atoms with Gasteiger partial charge < -0.3 is 10.6 Å². The SMILES string of the molecule is Cc1ccc(NC(=O)[C@@H]2CCCCN2)cc1S(N)(=O)=O. The fraction of sp³-hybridized carbons (Fsp3) is 0.462. The van der Waals surface area contributed by atoms with Crippen LogP contribution in [0.25, 0.3) is 0 Å². The summed E-state index contributed by atoms with van der Waals surface area (Å²) in [7, 11) is -3.78. The van der Waals surface area contributed by atoms with Gasteiger partial charge in [0.25, 0.3) is 0 Å². The number of sulfonamides is 1. The summed E-state index contributed by atoms with van der Waals surface area (Å²) in [6, 6.07) is 4.47. The number of rotatable bonds is 3. The lowest BCUT2D eigenvalue weighted by atomic mass is 10.0. The lowest BCUT2D eigenvalue weighted by Gasteiger charge is -2.22. The second-order valence-electron chi connectivity index (χ2n) is 5.02. The van der Waals surface area contributed by atoms with E-state index in [9.17, 15) is 13.2 Å². The molecule has 0 saturated carbocycles. The molecule has 1 atom stereocenters. The van der Waals surface area contributed by atoms with E-state index in [1.807, 2.05) is 0 Å². The molecular formula is C13H19N3O3S. The number of anilines is 1. The third-order valence-electron chi connectivity index (χ3n) is 3.39. The molecular weight excluding hydrogens is 278 g/mol. The quantitative estimate of drug-likeness (QED) is 0.765. The van der Waals surface area contributed by atoms with Crippen LogP contribution in [0, 0.1) is 6.92 Å². The predicted molar refractivity (Wildman–Crippen MR) is 76.8 cm³/mol. The van der Waals surface area contributed by atoms with E-state index in [1.54, 1.807) is 19.1 Å². The summed E-state index contributed by atoms with van der Waals surface area (Å²) in [4.78, 5) is 12.1. The second kappa shape index (κ2) is 5.90. The van der Waals surface area contributed by atoms with E-state index >= 15 is 0 Å². The minimum atomic E-state index is -3.78. The molecule has 0 radical (unpaired) electrons. The summed E-state index contributed by atoms with van der Waals surface area (Å²) in [6.07, 6.45) is 2.88. The summed E-state index contributed by atoms with van der Waals surface area (Å²) >= 11 is 0. The van der Waals surface area contributed by atoms with Crippen LogP contribution in [-0.2, 0) is 14.8 Å². The number of carbonyl (C=O) groups is 1. The van der Waals surface area contributed by atoms with Crippen molar-refractivity contribution in [1.82, 2.24) is 5.32 Å². The molecule has 4 N–H and O–H groups in total. The van der Waals surface area contributed by atoms with E-state index in [2.05, 4.69) is 10.6 Å². The Kier molecular flexibility index (Phi) is 4.42. The second-order valence-corrected chi connectivity index (χ2v) is 6.55. The molecule has 0 aliphatic carbocycles. The van der Waals surface area contributed by atoms with Gasteiger partial charge in [0.05, 0.1) is 10.9 Å². The number of hydrogen-bond acceptors (Lipinski definition) is 4. The third-order valence-corrected chi connectivity index (χ3v) is 4.44. The van der Waals surface area contributed by atoms with Crippen molar-refractivity contribution in [3.63, 3.8) is 0 Å². The van der Waals surface area contributed by atoms with Gasteiger partial charge in [0.1, 0.15) is 0 Å². The first kappa shape index (κ1) is 15.0. The number of nitrogens with two attached hydrogens (primary N) is 1. The summed E-state index contributed by atoms with van der Waals surface area (Å²) in [5.41, 5.74) is 0.998. The minimum absolute atomic E-state index is 0.0342. The van der Waals surface area contributed by atoms with Gasteiger partial charge in [-0.1, -0.05) is 12.5 Å². The number of nitrogens with one attached hydrogen (secondary N) is 2. The first-order chi connectivity index (χ1) is 9.38. The van der Waals surface area contributed by atoms with Crippen molar-refractivity contribution >= 4 is 21.6 Å². The molecule has 1 aliphatic heterocycles. The molecule has 1 aromatic rings. The largest absolute Gasteiger partial charge is 0.325 e. The molecule has 2 rings (SSSR count). The number of carbonyl (C=O) groups excluding carboxylic acids is 1. The maximum Gasteiger partial charge on any atom is 0.241 e. The Morgan fingerprint density at radius 2 is 2.15 bits per heavy atom. The van der Waals surface area contributed by atoms with Crippen molar-refractivity contribution in [2.24, 2.45) is 5.14 Å². The number of amides is 1. The fourth-order valence-corrected chi connectivity index (χ4v) is 3.10. The van der Waals surface area contributed by atoms with E-state index in [0.29, 0.717) is 11.3 Å². The Hall–Kier alpha value is -1.44. The van der Waals surface area contributed by atoms with Gasteiger partial charge in [-0.05, 0) is 44.0 Å². The highest BCUT2D eigenvalue weighted by Crippen LogP contribution is 2.19. The zero-order valence-corrected chi connectivity index (χ0v) is 12.2. The Balaban J connectivity index is 2.15. The standard InChI is InChI=1S/C13H19N3O3S/c1-9-5-6-10(8-12(9)20(14,18)19)16-13(17)11-4-2-3-7-15-11/h5-6,8,11,15H,2-4,7H2,1H3,(H,16,17)(H2,14,18,19)/t11-/m0/s1. The third kappa shape index (κ3) is 3.56. The van der Waals surface area contributed by atoms with Gasteiger partial charge in [-0.3, -0.25) is 4.79 Å². The summed E-state index contributed by atoms with van der Waals surface area (Å²) in [5.74, 6) is -0.145. The zero-order valence-electron chi connectivity index (χ0n) is 11.3. The summed E-state index contributed by atoms with van der Waals surface area (Å²) < 4.78 is 22.9. The molecule has 0 bridgehead atoms. The van der Waals surface area contributed by atoms with Crippen LogP contribution in [0.2, 0.25) is 0 Å². The van der Waals surface area contributed by atoms with Gasteiger partial charge in [-0.15, -0.1) is 0 Å². The van der Waals surface area contributed by atoms with E-state index in [1.165, 1.54) is 6.07 Å². The number of primary sulfonamides is 1. The fourth-order valence-electron chi connectivity index (χ4n) is 2.29. The maximum absolute atomic E-state index is 12.1. The molecule has 1 aromatic carbocycles. The highest BCUT2D eigenvalue weighted by atomic mass is 32.2. The highest BCUT2D eigenvalue weighted by Gasteiger charge is 2.21. The number of aryl methyl sites for hydroxylation is 1. The molecule has 0 unspecified atom stereocenters. The molecule has 1 aliphatic rings. The first-order valence-electron chi connectivity index (χ1n) is 6.55. The predicted octanol–water partition coefficient (Wildman–Crippen LogP) is 0.723. The van der Waals surface area contributed by atoms with Crippen LogP contribution in [-0.4, -0.2) is 26.9 Å². The maximum atomic E-state index is 12.1. The van der Waals surface area contributed by atoms with E-state index in [4.69, 9.17) is 5.14 Å². The van der Waals surface area contributed by atoms with Crippen molar-refractivity contribution < 1.29 is 13.2 Å². The summed E-state index contributed by atoms with van der Waals surface area (Å²) in [6.45, 7) is 2.49. The van der Waals surface area contributed by atoms with E-state index in [0.717, 1.165) is 25.8 Å². The normalized spacial score (nSPS) is 19.6. The van der Waals surface area contributed by atoms with Crippen molar-refractivity contribution in [1.29, 1.82) is 0 Å². The number of benzene rings is 1. The molecule has 1 saturated heterocycles. The lowest BCUT2D eigenvalue weighted by molar-refractivity contribution is -0.118. The van der Waals surface area contributed by atoms with Gasteiger partial charge in [0, 0.05) is 5.69 Å². The van der Waals surface area contributed by atoms with Crippen molar-refractivity contribution in [3.8, 4) is 0 Å². The molecule has 1 amide bonds. The topological polar surface area (TPSA) is 101 Å². The Morgan fingerprint density at radius 1 is 1.40 bits per heavy atom. The molecule has 6 nitrogen and oxygen atoms in total. The average Bonchev–Trinajstić information content (AvgIpc) is 2.40. The van der Waals surface area contributed by atoms with Crippen LogP contribution in [0.5, 0.6) is 0 Å². The van der Waals surface area contributed by atoms with Crippen LogP contribution in [0.1, 0.15) is 24.8 Å². The number of hydrogen-bond donors (Lipinski definition) is 3. The zero-order chi connectivity index (χ0) is 14.8. The monoisotopic (exact) mass is 297 g/mol. The first-order valence-corrected chi connectivity index (χ1v) is 8.10. The van der Waals surface area contributed by atoms with Crippen molar-refractivity contribution in [2.45, 2.75) is 37.1 Å². The smallest absolute Gasteiger partial charge is 0.241 e. The van der Waals surface area contributed by atoms with Gasteiger partial charge in [-0.25, -0.2) is 13.6 Å². The van der Waals surface area contributed by atoms with Crippen molar-refractivity contribution in [2.75, 3.05) is 11.9 Å². The molecule has 0 aromatic heterocycles. The van der Waals surface area contributed by atoms with E-state index < -0.39 is 10.0 Å². The Bertz CT molecular complexity index is 607. The Labute approximate surface area is 118 Å². The molecule has 0 spiro atoms. The molecule has 1 fully saturated rings. The minimum Gasteiger partial charge on any atom is -0.325 e. The molecule has 20 heavy (non-hydrogen) atoms. The molecule has 1 heterocycles.